The lowest BCUT2D eigenvalue weighted by atomic mass is 9.87. The maximum Gasteiger partial charge on any atom is 0.243 e. The van der Waals surface area contributed by atoms with E-state index in [1.807, 2.05) is 49.3 Å². The summed E-state index contributed by atoms with van der Waals surface area (Å²) in [7, 11) is 0.512. The Morgan fingerprint density at radius 2 is 1.60 bits per heavy atom. The van der Waals surface area contributed by atoms with E-state index in [-0.39, 0.29) is 11.5 Å². The third-order valence-electron chi connectivity index (χ3n) is 8.36. The summed E-state index contributed by atoms with van der Waals surface area (Å²) in [6.07, 6.45) is 5.94. The summed E-state index contributed by atoms with van der Waals surface area (Å²) in [4.78, 5) is 12.0. The number of hydrogen-bond acceptors (Lipinski definition) is 7. The molecule has 8 nitrogen and oxygen atoms in total. The Kier molecular flexibility index (Phi) is 8.36. The molecule has 0 bridgehead atoms. The van der Waals surface area contributed by atoms with Crippen molar-refractivity contribution in [1.29, 1.82) is 0 Å². The van der Waals surface area contributed by atoms with Crippen LogP contribution in [-0.4, -0.2) is 68.0 Å². The number of nitrogens with one attached hydrogen (secondary N) is 2. The highest BCUT2D eigenvalue weighted by Crippen LogP contribution is 2.30. The molecule has 2 N–H and O–H groups in total. The van der Waals surface area contributed by atoms with Gasteiger partial charge in [0.1, 0.15) is 5.82 Å². The fraction of sp³-hybridized carbons (Fsp3) is 0.548. The molecule has 2 heterocycles. The number of nitrogens with zero attached hydrogens (tertiary/aromatic N) is 4. The standard InChI is InChI=1S/C31H44N6O2S/c1-31(2,3)22-12-18-26(19-13-22)40(38,39)37-20-8-9-25(37)21-32-23-14-16-24(17-15-23)33-30-34-28-11-7-6-10-27(28)29(35-30)36(4)5/h6-7,10-13,18-19,23-25,32H,8-9,14-17,20-21H2,1-5H3,(H,33,34,35)/t23-,24+,25-/m0/s1. The molecule has 40 heavy (non-hydrogen) atoms. The normalized spacial score (nSPS) is 22.5. The van der Waals surface area contributed by atoms with Gasteiger partial charge in [-0.2, -0.15) is 9.29 Å². The van der Waals surface area contributed by atoms with Gasteiger partial charge in [-0.3, -0.25) is 0 Å². The zero-order chi connectivity index (χ0) is 28.5. The second-order valence-corrected chi connectivity index (χ2v) is 14.5. The van der Waals surface area contributed by atoms with Gasteiger partial charge in [-0.1, -0.05) is 45.0 Å². The second kappa shape index (κ2) is 11.6. The third kappa shape index (κ3) is 6.26. The minimum absolute atomic E-state index is 0.00130. The van der Waals surface area contributed by atoms with Crippen molar-refractivity contribution in [3.8, 4) is 0 Å². The molecular weight excluding hydrogens is 520 g/mol. The maximum absolute atomic E-state index is 13.5. The molecule has 1 aromatic heterocycles. The van der Waals surface area contributed by atoms with Gasteiger partial charge in [0.05, 0.1) is 10.4 Å². The Bertz CT molecular complexity index is 1410. The highest BCUT2D eigenvalue weighted by atomic mass is 32.2. The van der Waals surface area contributed by atoms with Crippen LogP contribution in [0.25, 0.3) is 10.9 Å². The molecule has 216 valence electrons. The number of hydrogen-bond donors (Lipinski definition) is 2. The van der Waals surface area contributed by atoms with Crippen molar-refractivity contribution in [2.24, 2.45) is 0 Å². The summed E-state index contributed by atoms with van der Waals surface area (Å²) in [5.41, 5.74) is 2.08. The average molecular weight is 565 g/mol. The Morgan fingerprint density at radius 1 is 0.925 bits per heavy atom. The number of sulfonamides is 1. The van der Waals surface area contributed by atoms with Gasteiger partial charge in [-0.25, -0.2) is 13.4 Å². The number of rotatable bonds is 8. The fourth-order valence-corrected chi connectivity index (χ4v) is 7.68. The summed E-state index contributed by atoms with van der Waals surface area (Å²) in [6, 6.07) is 16.3. The van der Waals surface area contributed by atoms with E-state index in [9.17, 15) is 8.42 Å². The van der Waals surface area contributed by atoms with Crippen molar-refractivity contribution in [1.82, 2.24) is 19.6 Å². The quantitative estimate of drug-likeness (QED) is 0.391. The van der Waals surface area contributed by atoms with Crippen LogP contribution in [0.15, 0.2) is 53.4 Å². The summed E-state index contributed by atoms with van der Waals surface area (Å²) >= 11 is 0. The third-order valence-corrected chi connectivity index (χ3v) is 10.3. The van der Waals surface area contributed by atoms with Crippen molar-refractivity contribution in [3.63, 3.8) is 0 Å². The topological polar surface area (TPSA) is 90.5 Å². The molecule has 3 aromatic rings. The van der Waals surface area contributed by atoms with Gasteiger partial charge < -0.3 is 15.5 Å². The van der Waals surface area contributed by atoms with Crippen molar-refractivity contribution in [2.45, 2.75) is 87.7 Å². The van der Waals surface area contributed by atoms with Crippen LogP contribution >= 0.6 is 0 Å². The first-order chi connectivity index (χ1) is 19.0. The highest BCUT2D eigenvalue weighted by Gasteiger charge is 2.36. The summed E-state index contributed by atoms with van der Waals surface area (Å²) in [5, 5.41) is 8.34. The molecule has 5 rings (SSSR count). The van der Waals surface area contributed by atoms with Crippen molar-refractivity contribution < 1.29 is 8.42 Å². The van der Waals surface area contributed by atoms with Crippen LogP contribution in [0, 0.1) is 0 Å². The van der Waals surface area contributed by atoms with Crippen LogP contribution in [0.1, 0.15) is 64.9 Å². The van der Waals surface area contributed by atoms with Crippen LogP contribution in [-0.2, 0) is 15.4 Å². The molecule has 2 aromatic carbocycles. The van der Waals surface area contributed by atoms with Crippen LogP contribution < -0.4 is 15.5 Å². The van der Waals surface area contributed by atoms with Gasteiger partial charge in [0.2, 0.25) is 16.0 Å². The van der Waals surface area contributed by atoms with E-state index in [0.717, 1.165) is 60.8 Å². The smallest absolute Gasteiger partial charge is 0.243 e. The number of fused-ring (bicyclic) bond motifs is 1. The molecule has 1 aliphatic carbocycles. The first-order valence-electron chi connectivity index (χ1n) is 14.6. The van der Waals surface area contributed by atoms with E-state index in [1.165, 1.54) is 0 Å². The lowest BCUT2D eigenvalue weighted by Crippen LogP contribution is -2.45. The molecule has 1 saturated heterocycles. The minimum atomic E-state index is -3.51. The van der Waals surface area contributed by atoms with Crippen molar-refractivity contribution in [2.75, 3.05) is 37.4 Å². The second-order valence-electron chi connectivity index (χ2n) is 12.6. The summed E-state index contributed by atoms with van der Waals surface area (Å²) in [6.45, 7) is 7.70. The predicted molar refractivity (Wildman–Crippen MR) is 164 cm³/mol. The highest BCUT2D eigenvalue weighted by molar-refractivity contribution is 7.89. The molecular formula is C31H44N6O2S. The van der Waals surface area contributed by atoms with Gasteiger partial charge in [0.15, 0.2) is 0 Å². The maximum atomic E-state index is 13.5. The Morgan fingerprint density at radius 3 is 2.27 bits per heavy atom. The number of para-hydroxylation sites is 1. The molecule has 1 aliphatic heterocycles. The zero-order valence-electron chi connectivity index (χ0n) is 24.5. The van der Waals surface area contributed by atoms with Gasteiger partial charge in [0.25, 0.3) is 0 Å². The first-order valence-corrected chi connectivity index (χ1v) is 16.0. The van der Waals surface area contributed by atoms with Crippen LogP contribution in [0.2, 0.25) is 0 Å². The van der Waals surface area contributed by atoms with Crippen molar-refractivity contribution in [3.05, 3.63) is 54.1 Å². The number of aromatic nitrogens is 2. The zero-order valence-corrected chi connectivity index (χ0v) is 25.3. The molecule has 0 spiro atoms. The Labute approximate surface area is 239 Å². The first kappa shape index (κ1) is 28.8. The van der Waals surface area contributed by atoms with Gasteiger partial charge in [-0.05, 0) is 73.8 Å². The minimum Gasteiger partial charge on any atom is -0.362 e. The van der Waals surface area contributed by atoms with E-state index in [2.05, 4.69) is 37.5 Å². The van der Waals surface area contributed by atoms with Gasteiger partial charge in [0, 0.05) is 50.7 Å². The summed E-state index contributed by atoms with van der Waals surface area (Å²) < 4.78 is 28.7. The summed E-state index contributed by atoms with van der Waals surface area (Å²) in [5.74, 6) is 1.60. The largest absolute Gasteiger partial charge is 0.362 e. The monoisotopic (exact) mass is 564 g/mol. The van der Waals surface area contributed by atoms with E-state index in [4.69, 9.17) is 9.97 Å². The lowest BCUT2D eigenvalue weighted by Gasteiger charge is -2.32. The average Bonchev–Trinajstić information content (AvgIpc) is 3.41. The van der Waals surface area contributed by atoms with E-state index in [0.29, 0.717) is 36.0 Å². The van der Waals surface area contributed by atoms with Gasteiger partial charge in [-0.15, -0.1) is 0 Å². The SMILES string of the molecule is CN(C)c1nc(N[C@H]2CC[C@@H](NC[C@@H]3CCCN3S(=O)(=O)c3ccc(C(C)(C)C)cc3)CC2)nc2ccccc12. The van der Waals surface area contributed by atoms with E-state index >= 15 is 0 Å². The van der Waals surface area contributed by atoms with Crippen LogP contribution in [0.4, 0.5) is 11.8 Å². The Balaban J connectivity index is 1.15. The molecule has 1 saturated carbocycles. The van der Waals surface area contributed by atoms with E-state index in [1.54, 1.807) is 16.4 Å². The molecule has 2 aliphatic rings. The Hall–Kier alpha value is -2.75. The molecule has 9 heteroatoms. The number of anilines is 2. The molecule has 2 fully saturated rings. The molecule has 0 unspecified atom stereocenters. The van der Waals surface area contributed by atoms with Crippen LogP contribution in [0.3, 0.4) is 0 Å². The molecule has 0 radical (unpaired) electrons. The molecule has 1 atom stereocenters. The van der Waals surface area contributed by atoms with Crippen molar-refractivity contribution >= 4 is 32.7 Å². The number of benzene rings is 2. The van der Waals surface area contributed by atoms with Crippen LogP contribution in [0.5, 0.6) is 0 Å². The van der Waals surface area contributed by atoms with Gasteiger partial charge >= 0.3 is 0 Å². The molecule has 0 amide bonds. The fourth-order valence-electron chi connectivity index (χ4n) is 5.98. The predicted octanol–water partition coefficient (Wildman–Crippen LogP) is 5.16. The lowest BCUT2D eigenvalue weighted by molar-refractivity contribution is 0.312. The van der Waals surface area contributed by atoms with E-state index < -0.39 is 10.0 Å².